The Labute approximate surface area is 120 Å². The van der Waals surface area contributed by atoms with Gasteiger partial charge in [-0.25, -0.2) is 8.42 Å². The molecule has 0 heterocycles. The second-order valence-corrected chi connectivity index (χ2v) is 6.96. The number of nitrogens with two attached hydrogens (primary N) is 1. The van der Waals surface area contributed by atoms with Crippen LogP contribution in [0.5, 0.6) is 11.5 Å². The van der Waals surface area contributed by atoms with E-state index in [4.69, 9.17) is 10.5 Å². The van der Waals surface area contributed by atoms with Crippen molar-refractivity contribution in [3.05, 3.63) is 46.9 Å². The minimum atomic E-state index is -3.26. The number of hydrogen-bond acceptors (Lipinski definition) is 4. The molecule has 0 atom stereocenters. The summed E-state index contributed by atoms with van der Waals surface area (Å²) in [5.41, 5.74) is 6.08. The lowest BCUT2D eigenvalue weighted by Gasteiger charge is -2.09. The third-order valence-electron chi connectivity index (χ3n) is 2.43. The maximum atomic E-state index is 11.4. The Bertz CT molecular complexity index is 714. The quantitative estimate of drug-likeness (QED) is 0.870. The summed E-state index contributed by atoms with van der Waals surface area (Å²) in [5, 5.41) is 0. The molecule has 0 aliphatic heterocycles. The van der Waals surface area contributed by atoms with Crippen molar-refractivity contribution in [1.29, 1.82) is 0 Å². The van der Waals surface area contributed by atoms with Gasteiger partial charge in [0.2, 0.25) is 0 Å². The van der Waals surface area contributed by atoms with Crippen molar-refractivity contribution >= 4 is 31.5 Å². The molecule has 2 aromatic carbocycles. The van der Waals surface area contributed by atoms with Crippen molar-refractivity contribution in [1.82, 2.24) is 0 Å². The predicted molar refractivity (Wildman–Crippen MR) is 78.2 cm³/mol. The number of nitrogen functional groups attached to an aromatic ring is 1. The van der Waals surface area contributed by atoms with Crippen molar-refractivity contribution in [2.24, 2.45) is 0 Å². The first-order valence-corrected chi connectivity index (χ1v) is 8.08. The Balaban J connectivity index is 2.32. The molecule has 6 heteroatoms. The van der Waals surface area contributed by atoms with E-state index in [2.05, 4.69) is 15.9 Å². The molecule has 0 spiro atoms. The maximum Gasteiger partial charge on any atom is 0.175 e. The lowest BCUT2D eigenvalue weighted by molar-refractivity contribution is 0.484. The first kappa shape index (κ1) is 13.9. The summed E-state index contributed by atoms with van der Waals surface area (Å²) in [4.78, 5) is 0.173. The van der Waals surface area contributed by atoms with Crippen LogP contribution in [0.4, 0.5) is 5.69 Å². The van der Waals surface area contributed by atoms with E-state index >= 15 is 0 Å². The Morgan fingerprint density at radius 1 is 1.16 bits per heavy atom. The van der Waals surface area contributed by atoms with Crippen LogP contribution >= 0.6 is 15.9 Å². The predicted octanol–water partition coefficient (Wildman–Crippen LogP) is 3.23. The summed E-state index contributed by atoms with van der Waals surface area (Å²) in [6.45, 7) is 0. The van der Waals surface area contributed by atoms with E-state index in [1.165, 1.54) is 12.1 Å². The average molecular weight is 342 g/mol. The van der Waals surface area contributed by atoms with Crippen LogP contribution in [-0.4, -0.2) is 14.7 Å². The molecule has 0 amide bonds. The van der Waals surface area contributed by atoms with Gasteiger partial charge in [-0.15, -0.1) is 0 Å². The van der Waals surface area contributed by atoms with Gasteiger partial charge in [-0.05, 0) is 36.4 Å². The molecule has 2 N–H and O–H groups in total. The molecule has 2 aromatic rings. The van der Waals surface area contributed by atoms with Gasteiger partial charge in [-0.1, -0.05) is 22.0 Å². The molecule has 0 aromatic heterocycles. The normalized spacial score (nSPS) is 11.3. The molecular weight excluding hydrogens is 330 g/mol. The average Bonchev–Trinajstić information content (AvgIpc) is 2.30. The van der Waals surface area contributed by atoms with E-state index in [-0.39, 0.29) is 10.6 Å². The Hall–Kier alpha value is -1.53. The molecule has 0 fully saturated rings. The van der Waals surface area contributed by atoms with Crippen LogP contribution < -0.4 is 10.5 Å². The zero-order valence-electron chi connectivity index (χ0n) is 10.1. The highest BCUT2D eigenvalue weighted by atomic mass is 79.9. The number of halogens is 1. The molecule has 0 aliphatic rings. The van der Waals surface area contributed by atoms with Crippen LogP contribution in [0.25, 0.3) is 0 Å². The van der Waals surface area contributed by atoms with E-state index in [1.54, 1.807) is 18.2 Å². The fourth-order valence-corrected chi connectivity index (χ4v) is 2.54. The van der Waals surface area contributed by atoms with E-state index in [0.29, 0.717) is 11.5 Å². The topological polar surface area (TPSA) is 69.4 Å². The summed E-state index contributed by atoms with van der Waals surface area (Å²) < 4.78 is 29.3. The van der Waals surface area contributed by atoms with Crippen LogP contribution in [0.1, 0.15) is 0 Å². The van der Waals surface area contributed by atoms with Gasteiger partial charge < -0.3 is 10.5 Å². The van der Waals surface area contributed by atoms with Gasteiger partial charge in [-0.2, -0.15) is 0 Å². The third kappa shape index (κ3) is 3.48. The van der Waals surface area contributed by atoms with Crippen molar-refractivity contribution in [3.63, 3.8) is 0 Å². The summed E-state index contributed by atoms with van der Waals surface area (Å²) in [5.74, 6) is 1.04. The van der Waals surface area contributed by atoms with Crippen LogP contribution in [0.3, 0.4) is 0 Å². The molecule has 2 rings (SSSR count). The molecule has 19 heavy (non-hydrogen) atoms. The number of hydrogen-bond donors (Lipinski definition) is 1. The van der Waals surface area contributed by atoms with Crippen molar-refractivity contribution in [2.75, 3.05) is 12.0 Å². The zero-order chi connectivity index (χ0) is 14.0. The van der Waals surface area contributed by atoms with E-state index in [9.17, 15) is 8.42 Å². The molecular formula is C13H12BrNO3S. The van der Waals surface area contributed by atoms with Crippen LogP contribution in [0.15, 0.2) is 51.8 Å². The van der Waals surface area contributed by atoms with Gasteiger partial charge in [0.1, 0.15) is 11.5 Å². The van der Waals surface area contributed by atoms with Gasteiger partial charge in [0.15, 0.2) is 9.84 Å². The molecule has 100 valence electrons. The number of ether oxygens (including phenoxy) is 1. The molecule has 0 saturated carbocycles. The van der Waals surface area contributed by atoms with Gasteiger partial charge >= 0.3 is 0 Å². The molecule has 0 bridgehead atoms. The highest BCUT2D eigenvalue weighted by Crippen LogP contribution is 2.30. The SMILES string of the molecule is CS(=O)(=O)c1ccc(Oc2cccc(Br)c2)c(N)c1. The lowest BCUT2D eigenvalue weighted by Crippen LogP contribution is -1.99. The third-order valence-corrected chi connectivity index (χ3v) is 4.04. The minimum Gasteiger partial charge on any atom is -0.455 e. The first-order chi connectivity index (χ1) is 8.86. The van der Waals surface area contributed by atoms with Crippen LogP contribution in [-0.2, 0) is 9.84 Å². The zero-order valence-corrected chi connectivity index (χ0v) is 12.5. The Morgan fingerprint density at radius 2 is 1.89 bits per heavy atom. The van der Waals surface area contributed by atoms with Crippen molar-refractivity contribution in [3.8, 4) is 11.5 Å². The first-order valence-electron chi connectivity index (χ1n) is 5.39. The molecule has 0 radical (unpaired) electrons. The standard InChI is InChI=1S/C13H12BrNO3S/c1-19(16,17)11-5-6-13(12(15)8-11)18-10-4-2-3-9(14)7-10/h2-8H,15H2,1H3. The smallest absolute Gasteiger partial charge is 0.175 e. The van der Waals surface area contributed by atoms with Gasteiger partial charge in [0.05, 0.1) is 10.6 Å². The Morgan fingerprint density at radius 3 is 2.47 bits per heavy atom. The molecule has 0 unspecified atom stereocenters. The summed E-state index contributed by atoms with van der Waals surface area (Å²) in [6, 6.07) is 11.7. The van der Waals surface area contributed by atoms with Gasteiger partial charge in [0, 0.05) is 10.7 Å². The molecule has 4 nitrogen and oxygen atoms in total. The largest absolute Gasteiger partial charge is 0.455 e. The van der Waals surface area contributed by atoms with E-state index < -0.39 is 9.84 Å². The highest BCUT2D eigenvalue weighted by Gasteiger charge is 2.10. The van der Waals surface area contributed by atoms with Crippen molar-refractivity contribution in [2.45, 2.75) is 4.90 Å². The van der Waals surface area contributed by atoms with Crippen LogP contribution in [0, 0.1) is 0 Å². The summed E-state index contributed by atoms with van der Waals surface area (Å²) in [7, 11) is -3.26. The lowest BCUT2D eigenvalue weighted by atomic mass is 10.3. The number of benzene rings is 2. The van der Waals surface area contributed by atoms with Crippen molar-refractivity contribution < 1.29 is 13.2 Å². The summed E-state index contributed by atoms with van der Waals surface area (Å²) >= 11 is 3.34. The fourth-order valence-electron chi connectivity index (χ4n) is 1.51. The highest BCUT2D eigenvalue weighted by molar-refractivity contribution is 9.10. The van der Waals surface area contributed by atoms with Gasteiger partial charge in [-0.3, -0.25) is 0 Å². The second kappa shape index (κ2) is 5.22. The Kier molecular flexibility index (Phi) is 3.82. The molecule has 0 saturated heterocycles. The molecule has 0 aliphatic carbocycles. The second-order valence-electron chi connectivity index (χ2n) is 4.03. The van der Waals surface area contributed by atoms with Gasteiger partial charge in [0.25, 0.3) is 0 Å². The minimum absolute atomic E-state index is 0.173. The fraction of sp³-hybridized carbons (Fsp3) is 0.0769. The van der Waals surface area contributed by atoms with E-state index in [0.717, 1.165) is 10.7 Å². The summed E-state index contributed by atoms with van der Waals surface area (Å²) in [6.07, 6.45) is 1.14. The van der Waals surface area contributed by atoms with Crippen LogP contribution in [0.2, 0.25) is 0 Å². The van der Waals surface area contributed by atoms with E-state index in [1.807, 2.05) is 12.1 Å². The number of sulfone groups is 1. The number of anilines is 1. The number of rotatable bonds is 3. The maximum absolute atomic E-state index is 11.4. The monoisotopic (exact) mass is 341 g/mol.